The summed E-state index contributed by atoms with van der Waals surface area (Å²) in [5.41, 5.74) is 1.01. The minimum absolute atomic E-state index is 0.201. The first-order valence-corrected chi connectivity index (χ1v) is 7.00. The van der Waals surface area contributed by atoms with Gasteiger partial charge in [0.25, 0.3) is 5.91 Å². The molecule has 1 heterocycles. The minimum Gasteiger partial charge on any atom is -0.348 e. The van der Waals surface area contributed by atoms with Gasteiger partial charge >= 0.3 is 5.92 Å². The van der Waals surface area contributed by atoms with Crippen LogP contribution in [0.1, 0.15) is 25.3 Å². The van der Waals surface area contributed by atoms with Crippen LogP contribution in [-0.2, 0) is 11.3 Å². The number of nitrogens with one attached hydrogen (secondary N) is 1. The second kappa shape index (κ2) is 6.47. The number of benzene rings is 1. The summed E-state index contributed by atoms with van der Waals surface area (Å²) in [5, 5.41) is 2.39. The van der Waals surface area contributed by atoms with Gasteiger partial charge in [0.15, 0.2) is 0 Å². The zero-order chi connectivity index (χ0) is 15.5. The third-order valence-corrected chi connectivity index (χ3v) is 3.64. The molecule has 1 saturated heterocycles. The molecule has 1 aliphatic rings. The highest BCUT2D eigenvalue weighted by atomic mass is 19.3. The number of amides is 1. The summed E-state index contributed by atoms with van der Waals surface area (Å²) in [6.45, 7) is 2.74. The molecule has 0 aliphatic carbocycles. The molecule has 0 spiro atoms. The summed E-state index contributed by atoms with van der Waals surface area (Å²) >= 11 is 0. The van der Waals surface area contributed by atoms with E-state index in [4.69, 9.17) is 0 Å². The molecule has 0 atom stereocenters. The molecule has 1 amide bonds. The van der Waals surface area contributed by atoms with Crippen molar-refractivity contribution in [1.82, 2.24) is 10.2 Å². The lowest BCUT2D eigenvalue weighted by atomic mass is 10.0. The van der Waals surface area contributed by atoms with Crippen LogP contribution in [0.2, 0.25) is 0 Å². The fraction of sp³-hybridized carbons (Fsp3) is 0.533. The van der Waals surface area contributed by atoms with Crippen LogP contribution in [0.4, 0.5) is 13.2 Å². The summed E-state index contributed by atoms with van der Waals surface area (Å²) < 4.78 is 38.4. The zero-order valence-electron chi connectivity index (χ0n) is 11.9. The number of halogens is 3. The van der Waals surface area contributed by atoms with Crippen LogP contribution in [0.15, 0.2) is 24.3 Å². The van der Waals surface area contributed by atoms with Crippen molar-refractivity contribution in [1.29, 1.82) is 0 Å². The SMILES string of the molecule is CC(F)(F)C(=O)NC1CCN(Cc2ccc(F)cc2)CC1. The first-order valence-electron chi connectivity index (χ1n) is 7.00. The number of nitrogens with zero attached hydrogens (tertiary/aromatic N) is 1. The number of carbonyl (C=O) groups is 1. The van der Waals surface area contributed by atoms with Gasteiger partial charge in [-0.15, -0.1) is 0 Å². The van der Waals surface area contributed by atoms with E-state index in [9.17, 15) is 18.0 Å². The predicted octanol–water partition coefficient (Wildman–Crippen LogP) is 2.56. The van der Waals surface area contributed by atoms with Gasteiger partial charge in [-0.3, -0.25) is 9.69 Å². The molecule has 0 saturated carbocycles. The molecule has 6 heteroatoms. The Morgan fingerprint density at radius 1 is 1.29 bits per heavy atom. The van der Waals surface area contributed by atoms with Crippen molar-refractivity contribution >= 4 is 5.91 Å². The molecule has 1 aromatic rings. The van der Waals surface area contributed by atoms with Crippen LogP contribution >= 0.6 is 0 Å². The van der Waals surface area contributed by atoms with Gasteiger partial charge in [-0.25, -0.2) is 4.39 Å². The topological polar surface area (TPSA) is 32.3 Å². The first kappa shape index (κ1) is 15.8. The van der Waals surface area contributed by atoms with E-state index in [0.29, 0.717) is 26.3 Å². The van der Waals surface area contributed by atoms with Crippen LogP contribution in [0.5, 0.6) is 0 Å². The molecule has 21 heavy (non-hydrogen) atoms. The quantitative estimate of drug-likeness (QED) is 0.927. The Balaban J connectivity index is 1.78. The third-order valence-electron chi connectivity index (χ3n) is 3.64. The zero-order valence-corrected chi connectivity index (χ0v) is 11.9. The lowest BCUT2D eigenvalue weighted by Crippen LogP contribution is -2.48. The maximum absolute atomic E-state index is 12.8. The normalized spacial score (nSPS) is 17.7. The van der Waals surface area contributed by atoms with Crippen molar-refractivity contribution in [2.45, 2.75) is 38.3 Å². The molecule has 1 fully saturated rings. The molecule has 0 bridgehead atoms. The van der Waals surface area contributed by atoms with Crippen LogP contribution in [-0.4, -0.2) is 35.9 Å². The van der Waals surface area contributed by atoms with E-state index in [1.165, 1.54) is 12.1 Å². The van der Waals surface area contributed by atoms with E-state index >= 15 is 0 Å². The lowest BCUT2D eigenvalue weighted by Gasteiger charge is -2.32. The van der Waals surface area contributed by atoms with Gasteiger partial charge in [0.1, 0.15) is 5.82 Å². The fourth-order valence-electron chi connectivity index (χ4n) is 2.40. The van der Waals surface area contributed by atoms with Gasteiger partial charge in [0, 0.05) is 32.6 Å². The van der Waals surface area contributed by atoms with E-state index in [1.807, 2.05) is 0 Å². The van der Waals surface area contributed by atoms with Crippen LogP contribution in [0, 0.1) is 5.82 Å². The Hall–Kier alpha value is -1.56. The highest BCUT2D eigenvalue weighted by Gasteiger charge is 2.34. The maximum atomic E-state index is 12.8. The molecule has 0 radical (unpaired) electrons. The average molecular weight is 300 g/mol. The lowest BCUT2D eigenvalue weighted by molar-refractivity contribution is -0.144. The Bertz CT molecular complexity index is 477. The van der Waals surface area contributed by atoms with Gasteiger partial charge in [-0.1, -0.05) is 12.1 Å². The third kappa shape index (κ3) is 4.74. The van der Waals surface area contributed by atoms with Gasteiger partial charge < -0.3 is 5.32 Å². The van der Waals surface area contributed by atoms with Crippen LogP contribution in [0.3, 0.4) is 0 Å². The van der Waals surface area contributed by atoms with Gasteiger partial charge in [0.2, 0.25) is 0 Å². The van der Waals surface area contributed by atoms with Crippen LogP contribution in [0.25, 0.3) is 0 Å². The fourth-order valence-corrected chi connectivity index (χ4v) is 2.40. The summed E-state index contributed by atoms with van der Waals surface area (Å²) in [7, 11) is 0. The average Bonchev–Trinajstić information content (AvgIpc) is 2.42. The van der Waals surface area contributed by atoms with E-state index in [-0.39, 0.29) is 11.9 Å². The summed E-state index contributed by atoms with van der Waals surface area (Å²) in [6, 6.07) is 6.12. The van der Waals surface area contributed by atoms with Crippen molar-refractivity contribution in [2.24, 2.45) is 0 Å². The second-order valence-corrected chi connectivity index (χ2v) is 5.54. The Kier molecular flexibility index (Phi) is 4.88. The number of alkyl halides is 2. The Labute approximate surface area is 122 Å². The number of hydrogen-bond donors (Lipinski definition) is 1. The molecule has 0 unspecified atom stereocenters. The van der Waals surface area contributed by atoms with E-state index in [2.05, 4.69) is 10.2 Å². The van der Waals surface area contributed by atoms with Gasteiger partial charge in [-0.05, 0) is 30.5 Å². The standard InChI is InChI=1S/C15H19F3N2O/c1-15(17,18)14(21)19-13-6-8-20(9-7-13)10-11-2-4-12(16)5-3-11/h2-5,13H,6-10H2,1H3,(H,19,21). The van der Waals surface area contributed by atoms with Crippen molar-refractivity contribution in [3.8, 4) is 0 Å². The van der Waals surface area contributed by atoms with E-state index in [1.54, 1.807) is 12.1 Å². The number of carbonyl (C=O) groups excluding carboxylic acids is 1. The number of rotatable bonds is 4. The smallest absolute Gasteiger partial charge is 0.321 e. The van der Waals surface area contributed by atoms with Crippen molar-refractivity contribution in [2.75, 3.05) is 13.1 Å². The Morgan fingerprint density at radius 2 is 1.86 bits per heavy atom. The number of piperidine rings is 1. The molecule has 116 valence electrons. The molecule has 2 rings (SSSR count). The maximum Gasteiger partial charge on any atom is 0.321 e. The van der Waals surface area contributed by atoms with E-state index in [0.717, 1.165) is 18.7 Å². The van der Waals surface area contributed by atoms with Crippen LogP contribution < -0.4 is 5.32 Å². The minimum atomic E-state index is -3.33. The summed E-state index contributed by atoms with van der Waals surface area (Å²) in [5.74, 6) is -4.80. The van der Waals surface area contributed by atoms with Crippen molar-refractivity contribution in [3.05, 3.63) is 35.6 Å². The Morgan fingerprint density at radius 3 is 2.38 bits per heavy atom. The molecule has 1 aliphatic heterocycles. The molecule has 3 nitrogen and oxygen atoms in total. The number of hydrogen-bond acceptors (Lipinski definition) is 2. The first-order chi connectivity index (χ1) is 9.84. The van der Waals surface area contributed by atoms with E-state index < -0.39 is 11.8 Å². The van der Waals surface area contributed by atoms with Gasteiger partial charge in [0.05, 0.1) is 0 Å². The highest BCUT2D eigenvalue weighted by Crippen LogP contribution is 2.17. The molecular weight excluding hydrogens is 281 g/mol. The largest absolute Gasteiger partial charge is 0.348 e. The predicted molar refractivity (Wildman–Crippen MR) is 73.5 cm³/mol. The second-order valence-electron chi connectivity index (χ2n) is 5.54. The highest BCUT2D eigenvalue weighted by molar-refractivity contribution is 5.83. The molecule has 1 aromatic carbocycles. The summed E-state index contributed by atoms with van der Waals surface area (Å²) in [4.78, 5) is 13.4. The molecule has 1 N–H and O–H groups in total. The molecule has 0 aromatic heterocycles. The van der Waals surface area contributed by atoms with Crippen molar-refractivity contribution in [3.63, 3.8) is 0 Å². The number of likely N-dealkylation sites (tertiary alicyclic amines) is 1. The molecular formula is C15H19F3N2O. The monoisotopic (exact) mass is 300 g/mol. The summed E-state index contributed by atoms with van der Waals surface area (Å²) in [6.07, 6.45) is 1.28. The van der Waals surface area contributed by atoms with Gasteiger partial charge in [-0.2, -0.15) is 8.78 Å². The van der Waals surface area contributed by atoms with Crippen molar-refractivity contribution < 1.29 is 18.0 Å².